The molecule has 0 radical (unpaired) electrons. The second-order valence-electron chi connectivity index (χ2n) is 6.27. The molecule has 2 fully saturated rings. The van der Waals surface area contributed by atoms with Gasteiger partial charge < -0.3 is 4.74 Å². The minimum Gasteiger partial charge on any atom is -0.378 e. The lowest BCUT2D eigenvalue weighted by Gasteiger charge is -2.48. The lowest BCUT2D eigenvalue weighted by atomic mass is 9.60. The molecule has 1 heteroatoms. The molecule has 2 aliphatic carbocycles. The Bertz CT molecular complexity index is 215. The molecule has 0 amide bonds. The van der Waals surface area contributed by atoms with Gasteiger partial charge in [0.2, 0.25) is 0 Å². The van der Waals surface area contributed by atoms with E-state index in [9.17, 15) is 0 Å². The van der Waals surface area contributed by atoms with Crippen molar-refractivity contribution in [2.45, 2.75) is 85.7 Å². The predicted octanol–water partition coefficient (Wildman–Crippen LogP) is 5.68. The molecule has 0 aliphatic heterocycles. The second kappa shape index (κ2) is 9.00. The van der Waals surface area contributed by atoms with E-state index >= 15 is 0 Å². The van der Waals surface area contributed by atoms with E-state index in [1.54, 1.807) is 0 Å². The van der Waals surface area contributed by atoms with Gasteiger partial charge in [-0.1, -0.05) is 53.4 Å². The Labute approximate surface area is 121 Å². The molecule has 0 saturated heterocycles. The van der Waals surface area contributed by atoms with E-state index in [1.807, 2.05) is 13.8 Å². The van der Waals surface area contributed by atoms with Gasteiger partial charge in [-0.3, -0.25) is 0 Å². The van der Waals surface area contributed by atoms with Crippen LogP contribution in [0.5, 0.6) is 0 Å². The fourth-order valence-corrected chi connectivity index (χ4v) is 4.54. The third-order valence-corrected chi connectivity index (χ3v) is 5.26. The summed E-state index contributed by atoms with van der Waals surface area (Å²) in [6.45, 7) is 11.9. The van der Waals surface area contributed by atoms with Gasteiger partial charge in [-0.2, -0.15) is 0 Å². The topological polar surface area (TPSA) is 9.23 Å². The van der Waals surface area contributed by atoms with Gasteiger partial charge in [0.1, 0.15) is 0 Å². The van der Waals surface area contributed by atoms with Crippen molar-refractivity contribution in [2.75, 3.05) is 6.61 Å². The summed E-state index contributed by atoms with van der Waals surface area (Å²) in [5.41, 5.74) is 0. The molecule has 114 valence electrons. The van der Waals surface area contributed by atoms with Crippen LogP contribution in [0.4, 0.5) is 0 Å². The maximum atomic E-state index is 6.08. The van der Waals surface area contributed by atoms with Crippen molar-refractivity contribution in [3.8, 4) is 0 Å². The van der Waals surface area contributed by atoms with Crippen LogP contribution in [-0.2, 0) is 4.74 Å². The maximum absolute atomic E-state index is 6.08. The zero-order chi connectivity index (χ0) is 14.3. The zero-order valence-corrected chi connectivity index (χ0v) is 14.0. The predicted molar refractivity (Wildman–Crippen MR) is 84.4 cm³/mol. The molecule has 0 heterocycles. The van der Waals surface area contributed by atoms with Crippen LogP contribution in [0.15, 0.2) is 0 Å². The molecule has 0 bridgehead atoms. The standard InChI is InChI=1S/C16H30O.C2H6/c1-4-7-13-8-6-9-14-12(3)10-11-15(16(13)14)17-5-2;1-2/h12-16H,4-11H2,1-3H3;1-2H3. The van der Waals surface area contributed by atoms with Gasteiger partial charge in [0.05, 0.1) is 6.10 Å². The van der Waals surface area contributed by atoms with Gasteiger partial charge in [-0.05, 0) is 49.9 Å². The Balaban J connectivity index is 0.000000861. The molecule has 2 rings (SSSR count). The summed E-state index contributed by atoms with van der Waals surface area (Å²) in [4.78, 5) is 0. The van der Waals surface area contributed by atoms with E-state index in [0.29, 0.717) is 6.10 Å². The van der Waals surface area contributed by atoms with Crippen LogP contribution in [-0.4, -0.2) is 12.7 Å². The SMILES string of the molecule is CC.CCCC1CCCC2C(C)CCC(OCC)C12. The number of rotatable bonds is 4. The van der Waals surface area contributed by atoms with Crippen molar-refractivity contribution in [3.05, 3.63) is 0 Å². The van der Waals surface area contributed by atoms with E-state index < -0.39 is 0 Å². The Morgan fingerprint density at radius 2 is 1.74 bits per heavy atom. The Morgan fingerprint density at radius 1 is 1.00 bits per heavy atom. The monoisotopic (exact) mass is 268 g/mol. The van der Waals surface area contributed by atoms with E-state index in [1.165, 1.54) is 44.9 Å². The summed E-state index contributed by atoms with van der Waals surface area (Å²) in [6, 6.07) is 0. The first-order chi connectivity index (χ1) is 9.27. The second-order valence-corrected chi connectivity index (χ2v) is 6.27. The van der Waals surface area contributed by atoms with Crippen molar-refractivity contribution in [1.29, 1.82) is 0 Å². The number of hydrogen-bond acceptors (Lipinski definition) is 1. The van der Waals surface area contributed by atoms with Gasteiger partial charge in [0.15, 0.2) is 0 Å². The van der Waals surface area contributed by atoms with Crippen LogP contribution in [0.25, 0.3) is 0 Å². The lowest BCUT2D eigenvalue weighted by molar-refractivity contribution is -0.0851. The average molecular weight is 268 g/mol. The minimum absolute atomic E-state index is 0.582. The summed E-state index contributed by atoms with van der Waals surface area (Å²) in [5, 5.41) is 0. The highest BCUT2D eigenvalue weighted by molar-refractivity contribution is 4.93. The summed E-state index contributed by atoms with van der Waals surface area (Å²) < 4.78 is 6.08. The maximum Gasteiger partial charge on any atom is 0.0608 e. The van der Waals surface area contributed by atoms with Gasteiger partial charge in [0.25, 0.3) is 0 Å². The Hall–Kier alpha value is -0.0400. The van der Waals surface area contributed by atoms with Crippen LogP contribution in [0.3, 0.4) is 0 Å². The van der Waals surface area contributed by atoms with Crippen LogP contribution in [0.1, 0.15) is 79.6 Å². The minimum atomic E-state index is 0.582. The van der Waals surface area contributed by atoms with Crippen molar-refractivity contribution >= 4 is 0 Å². The zero-order valence-electron chi connectivity index (χ0n) is 14.0. The van der Waals surface area contributed by atoms with E-state index in [-0.39, 0.29) is 0 Å². The molecule has 19 heavy (non-hydrogen) atoms. The molecule has 5 atom stereocenters. The van der Waals surface area contributed by atoms with Crippen LogP contribution >= 0.6 is 0 Å². The summed E-state index contributed by atoms with van der Waals surface area (Å²) in [6.07, 6.45) is 10.5. The molecule has 5 unspecified atom stereocenters. The molecule has 2 aliphatic rings. The van der Waals surface area contributed by atoms with E-state index in [4.69, 9.17) is 4.74 Å². The fraction of sp³-hybridized carbons (Fsp3) is 1.00. The van der Waals surface area contributed by atoms with Crippen LogP contribution in [0, 0.1) is 23.7 Å². The van der Waals surface area contributed by atoms with Gasteiger partial charge in [0, 0.05) is 6.61 Å². The highest BCUT2D eigenvalue weighted by atomic mass is 16.5. The molecule has 0 aromatic rings. The normalized spacial score (nSPS) is 38.1. The smallest absolute Gasteiger partial charge is 0.0608 e. The molecule has 0 aromatic heterocycles. The molecule has 0 N–H and O–H groups in total. The largest absolute Gasteiger partial charge is 0.378 e. The van der Waals surface area contributed by atoms with Gasteiger partial charge in [-0.15, -0.1) is 0 Å². The molecule has 0 aromatic carbocycles. The van der Waals surface area contributed by atoms with Crippen molar-refractivity contribution in [2.24, 2.45) is 23.7 Å². The summed E-state index contributed by atoms with van der Waals surface area (Å²) in [5.74, 6) is 3.74. The van der Waals surface area contributed by atoms with Crippen molar-refractivity contribution in [1.82, 2.24) is 0 Å². The van der Waals surface area contributed by atoms with Crippen LogP contribution in [0.2, 0.25) is 0 Å². The number of hydrogen-bond donors (Lipinski definition) is 0. The molecular formula is C18H36O. The highest BCUT2D eigenvalue weighted by Gasteiger charge is 2.43. The lowest BCUT2D eigenvalue weighted by Crippen LogP contribution is -2.45. The third kappa shape index (κ3) is 4.21. The first kappa shape index (κ1) is 17.0. The van der Waals surface area contributed by atoms with Crippen molar-refractivity contribution < 1.29 is 4.74 Å². The van der Waals surface area contributed by atoms with E-state index in [0.717, 1.165) is 30.3 Å². The third-order valence-electron chi connectivity index (χ3n) is 5.26. The number of fused-ring (bicyclic) bond motifs is 1. The molecule has 1 nitrogen and oxygen atoms in total. The Kier molecular flexibility index (Phi) is 8.06. The number of ether oxygens (including phenoxy) is 1. The summed E-state index contributed by atoms with van der Waals surface area (Å²) in [7, 11) is 0. The summed E-state index contributed by atoms with van der Waals surface area (Å²) >= 11 is 0. The molecule has 0 spiro atoms. The van der Waals surface area contributed by atoms with Crippen LogP contribution < -0.4 is 0 Å². The Morgan fingerprint density at radius 3 is 2.37 bits per heavy atom. The molecule has 2 saturated carbocycles. The van der Waals surface area contributed by atoms with Gasteiger partial charge >= 0.3 is 0 Å². The highest BCUT2D eigenvalue weighted by Crippen LogP contribution is 2.48. The van der Waals surface area contributed by atoms with E-state index in [2.05, 4.69) is 20.8 Å². The average Bonchev–Trinajstić information content (AvgIpc) is 2.45. The first-order valence-corrected chi connectivity index (χ1v) is 8.89. The quantitative estimate of drug-likeness (QED) is 0.637. The fourth-order valence-electron chi connectivity index (χ4n) is 4.54. The van der Waals surface area contributed by atoms with Gasteiger partial charge in [-0.25, -0.2) is 0 Å². The van der Waals surface area contributed by atoms with Crippen molar-refractivity contribution in [3.63, 3.8) is 0 Å². The molecular weight excluding hydrogens is 232 g/mol. The first-order valence-electron chi connectivity index (χ1n) is 8.89.